The van der Waals surface area contributed by atoms with Crippen LogP contribution in [-0.2, 0) is 6.42 Å². The van der Waals surface area contributed by atoms with Crippen molar-refractivity contribution >= 4 is 5.69 Å². The van der Waals surface area contributed by atoms with E-state index >= 15 is 0 Å². The summed E-state index contributed by atoms with van der Waals surface area (Å²) in [7, 11) is 0. The van der Waals surface area contributed by atoms with Crippen molar-refractivity contribution in [1.82, 2.24) is 0 Å². The highest BCUT2D eigenvalue weighted by atomic mass is 19.1. The molecule has 1 fully saturated rings. The maximum absolute atomic E-state index is 13.5. The number of nitrogens with zero attached hydrogens (tertiary/aromatic N) is 1. The van der Waals surface area contributed by atoms with Crippen LogP contribution in [0.4, 0.5) is 10.1 Å². The number of rotatable bonds is 0. The molecule has 0 aromatic heterocycles. The van der Waals surface area contributed by atoms with E-state index < -0.39 is 0 Å². The number of benzene rings is 1. The van der Waals surface area contributed by atoms with Gasteiger partial charge < -0.3 is 10.6 Å². The first kappa shape index (κ1) is 8.24. The first-order valence-corrected chi connectivity index (χ1v) is 5.07. The second-order valence-electron chi connectivity index (χ2n) is 4.15. The monoisotopic (exact) mass is 192 g/mol. The lowest BCUT2D eigenvalue weighted by atomic mass is 10.0. The van der Waals surface area contributed by atoms with E-state index in [-0.39, 0.29) is 11.9 Å². The fourth-order valence-electron chi connectivity index (χ4n) is 2.67. The Kier molecular flexibility index (Phi) is 1.59. The third-order valence-electron chi connectivity index (χ3n) is 3.41. The van der Waals surface area contributed by atoms with E-state index in [4.69, 9.17) is 5.73 Å². The lowest BCUT2D eigenvalue weighted by Gasteiger charge is -2.20. The molecule has 3 rings (SSSR count). The number of hydrogen-bond donors (Lipinski definition) is 1. The van der Waals surface area contributed by atoms with Crippen LogP contribution < -0.4 is 10.6 Å². The minimum absolute atomic E-state index is 0.0795. The van der Waals surface area contributed by atoms with Gasteiger partial charge in [-0.2, -0.15) is 0 Å². The molecule has 1 saturated heterocycles. The zero-order valence-corrected chi connectivity index (χ0v) is 7.91. The van der Waals surface area contributed by atoms with Gasteiger partial charge in [-0.3, -0.25) is 0 Å². The minimum atomic E-state index is -0.0795. The average Bonchev–Trinajstić information content (AvgIpc) is 2.69. The average molecular weight is 192 g/mol. The Morgan fingerprint density at radius 1 is 1.43 bits per heavy atom. The first-order valence-electron chi connectivity index (χ1n) is 5.07. The summed E-state index contributed by atoms with van der Waals surface area (Å²) in [6.45, 7) is 0.974. The molecule has 2 heterocycles. The molecule has 2 nitrogen and oxygen atoms in total. The molecule has 2 atom stereocenters. The molecular formula is C11H13FN2. The quantitative estimate of drug-likeness (QED) is 0.671. The molecule has 0 aliphatic carbocycles. The zero-order valence-electron chi connectivity index (χ0n) is 7.91. The molecule has 2 aliphatic rings. The second kappa shape index (κ2) is 2.70. The highest BCUT2D eigenvalue weighted by molar-refractivity contribution is 5.61. The van der Waals surface area contributed by atoms with Crippen molar-refractivity contribution in [3.8, 4) is 0 Å². The van der Waals surface area contributed by atoms with Gasteiger partial charge in [-0.1, -0.05) is 6.07 Å². The topological polar surface area (TPSA) is 29.3 Å². The molecule has 1 aromatic rings. The number of halogens is 1. The van der Waals surface area contributed by atoms with Gasteiger partial charge in [0, 0.05) is 29.9 Å². The summed E-state index contributed by atoms with van der Waals surface area (Å²) in [5, 5.41) is 0. The lowest BCUT2D eigenvalue weighted by Crippen LogP contribution is -2.36. The Balaban J connectivity index is 2.08. The fourth-order valence-corrected chi connectivity index (χ4v) is 2.67. The van der Waals surface area contributed by atoms with Crippen LogP contribution in [0.15, 0.2) is 18.2 Å². The van der Waals surface area contributed by atoms with Gasteiger partial charge >= 0.3 is 0 Å². The van der Waals surface area contributed by atoms with Gasteiger partial charge in [-0.15, -0.1) is 0 Å². The normalized spacial score (nSPS) is 29.1. The highest BCUT2D eigenvalue weighted by Gasteiger charge is 2.39. The maximum atomic E-state index is 13.5. The van der Waals surface area contributed by atoms with Gasteiger partial charge in [0.25, 0.3) is 0 Å². The van der Waals surface area contributed by atoms with Crippen molar-refractivity contribution in [2.75, 3.05) is 11.4 Å². The van der Waals surface area contributed by atoms with Crippen LogP contribution in [0.1, 0.15) is 12.0 Å². The van der Waals surface area contributed by atoms with E-state index in [0.29, 0.717) is 6.04 Å². The van der Waals surface area contributed by atoms with E-state index in [2.05, 4.69) is 4.90 Å². The van der Waals surface area contributed by atoms with Crippen molar-refractivity contribution in [2.24, 2.45) is 5.73 Å². The molecule has 1 aromatic carbocycles. The molecule has 3 heteroatoms. The molecule has 14 heavy (non-hydrogen) atoms. The van der Waals surface area contributed by atoms with Crippen LogP contribution in [0.5, 0.6) is 0 Å². The van der Waals surface area contributed by atoms with Crippen LogP contribution in [-0.4, -0.2) is 18.6 Å². The zero-order chi connectivity index (χ0) is 9.71. The Bertz CT molecular complexity index is 378. The van der Waals surface area contributed by atoms with Gasteiger partial charge in [-0.05, 0) is 25.0 Å². The van der Waals surface area contributed by atoms with Crippen LogP contribution in [0.25, 0.3) is 0 Å². The third-order valence-corrected chi connectivity index (χ3v) is 3.41. The molecule has 0 amide bonds. The van der Waals surface area contributed by atoms with Crippen LogP contribution >= 0.6 is 0 Å². The first-order chi connectivity index (χ1) is 6.77. The van der Waals surface area contributed by atoms with Crippen LogP contribution in [0, 0.1) is 5.82 Å². The van der Waals surface area contributed by atoms with Gasteiger partial charge in [0.1, 0.15) is 5.82 Å². The summed E-state index contributed by atoms with van der Waals surface area (Å²) in [5.74, 6) is -0.0795. The second-order valence-corrected chi connectivity index (χ2v) is 4.15. The Hall–Kier alpha value is -1.09. The van der Waals surface area contributed by atoms with Gasteiger partial charge in [0.15, 0.2) is 0 Å². The van der Waals surface area contributed by atoms with E-state index in [9.17, 15) is 4.39 Å². The summed E-state index contributed by atoms with van der Waals surface area (Å²) in [6.07, 6.45) is 1.81. The Labute approximate surface area is 82.5 Å². The molecule has 0 radical (unpaired) electrons. The lowest BCUT2D eigenvalue weighted by molar-refractivity contribution is 0.575. The number of nitrogens with two attached hydrogens (primary N) is 1. The van der Waals surface area contributed by atoms with E-state index in [0.717, 1.165) is 30.6 Å². The van der Waals surface area contributed by atoms with Gasteiger partial charge in [0.2, 0.25) is 0 Å². The summed E-state index contributed by atoms with van der Waals surface area (Å²) in [6, 6.07) is 5.85. The summed E-state index contributed by atoms with van der Waals surface area (Å²) in [5.41, 5.74) is 7.90. The molecule has 0 spiro atoms. The smallest absolute Gasteiger partial charge is 0.128 e. The fraction of sp³-hybridized carbons (Fsp3) is 0.455. The summed E-state index contributed by atoms with van der Waals surface area (Å²) in [4.78, 5) is 2.25. The number of hydrogen-bond acceptors (Lipinski definition) is 2. The molecule has 2 unspecified atom stereocenters. The van der Waals surface area contributed by atoms with Crippen molar-refractivity contribution in [2.45, 2.75) is 24.9 Å². The highest BCUT2D eigenvalue weighted by Crippen LogP contribution is 2.38. The van der Waals surface area contributed by atoms with Crippen molar-refractivity contribution in [3.05, 3.63) is 29.6 Å². The molecule has 2 N–H and O–H groups in total. The molecular weight excluding hydrogens is 179 g/mol. The predicted molar refractivity (Wildman–Crippen MR) is 53.8 cm³/mol. The predicted octanol–water partition coefficient (Wildman–Crippen LogP) is 1.29. The largest absolute Gasteiger partial charge is 0.366 e. The molecule has 2 aliphatic heterocycles. The van der Waals surface area contributed by atoms with E-state index in [1.54, 1.807) is 6.07 Å². The van der Waals surface area contributed by atoms with E-state index in [1.165, 1.54) is 6.07 Å². The maximum Gasteiger partial charge on any atom is 0.128 e. The van der Waals surface area contributed by atoms with Gasteiger partial charge in [0.05, 0.1) is 0 Å². The van der Waals surface area contributed by atoms with E-state index in [1.807, 2.05) is 6.07 Å². The number of fused-ring (bicyclic) bond motifs is 3. The van der Waals surface area contributed by atoms with Crippen LogP contribution in [0.3, 0.4) is 0 Å². The summed E-state index contributed by atoms with van der Waals surface area (Å²) >= 11 is 0. The van der Waals surface area contributed by atoms with Crippen molar-refractivity contribution < 1.29 is 4.39 Å². The Morgan fingerprint density at radius 2 is 2.29 bits per heavy atom. The molecule has 0 bridgehead atoms. The third kappa shape index (κ3) is 0.932. The van der Waals surface area contributed by atoms with Gasteiger partial charge in [-0.25, -0.2) is 4.39 Å². The standard InChI is InChI=1S/C11H13FN2/c12-8-2-1-3-10-7(8)6-11-9(13)4-5-14(10)11/h1-3,9,11H,4-6,13H2. The Morgan fingerprint density at radius 3 is 3.14 bits per heavy atom. The minimum Gasteiger partial charge on any atom is -0.366 e. The van der Waals surface area contributed by atoms with Crippen molar-refractivity contribution in [1.29, 1.82) is 0 Å². The summed E-state index contributed by atoms with van der Waals surface area (Å²) < 4.78 is 13.5. The molecule has 0 saturated carbocycles. The molecule has 74 valence electrons. The van der Waals surface area contributed by atoms with Crippen LogP contribution in [0.2, 0.25) is 0 Å². The SMILES string of the molecule is NC1CCN2c3cccc(F)c3CC12. The number of anilines is 1. The van der Waals surface area contributed by atoms with Crippen molar-refractivity contribution in [3.63, 3.8) is 0 Å².